The average molecular weight is 199 g/mol. The number of rotatable bonds is 4. The molecule has 0 aliphatic heterocycles. The van der Waals surface area contributed by atoms with Crippen molar-refractivity contribution in [2.24, 2.45) is 5.92 Å². The van der Waals surface area contributed by atoms with Gasteiger partial charge >= 0.3 is 5.97 Å². The highest BCUT2D eigenvalue weighted by molar-refractivity contribution is 5.82. The quantitative estimate of drug-likeness (QED) is 0.701. The molecule has 1 rings (SSSR count). The van der Waals surface area contributed by atoms with Gasteiger partial charge in [0.25, 0.3) is 0 Å². The van der Waals surface area contributed by atoms with Gasteiger partial charge in [0.1, 0.15) is 5.54 Å². The molecule has 1 atom stereocenters. The van der Waals surface area contributed by atoms with Gasteiger partial charge in [-0.3, -0.25) is 10.1 Å². The number of ether oxygens (including phenoxy) is 1. The molecule has 1 aliphatic rings. The molecule has 0 bridgehead atoms. The number of carbonyl (C=O) groups is 1. The van der Waals surface area contributed by atoms with E-state index in [4.69, 9.17) is 4.74 Å². The minimum atomic E-state index is -0.385. The van der Waals surface area contributed by atoms with E-state index in [0.29, 0.717) is 12.0 Å². The Morgan fingerprint density at radius 3 is 2.57 bits per heavy atom. The summed E-state index contributed by atoms with van der Waals surface area (Å²) in [5.74, 6) is 0.529. The standard InChI is InChI=1S/C11H21NO2/c1-5-9(3)12-11(10(13)14-4)6-8(2)7-11/h8-9,12H,5-7H2,1-4H3. The molecule has 1 N–H and O–H groups in total. The fourth-order valence-electron chi connectivity index (χ4n) is 2.24. The van der Waals surface area contributed by atoms with Crippen LogP contribution in [0.2, 0.25) is 0 Å². The summed E-state index contributed by atoms with van der Waals surface area (Å²) in [5, 5.41) is 3.39. The molecule has 0 spiro atoms. The molecule has 0 aromatic rings. The zero-order valence-corrected chi connectivity index (χ0v) is 9.59. The number of esters is 1. The van der Waals surface area contributed by atoms with E-state index in [-0.39, 0.29) is 11.5 Å². The minimum Gasteiger partial charge on any atom is -0.468 e. The summed E-state index contributed by atoms with van der Waals surface area (Å²) >= 11 is 0. The van der Waals surface area contributed by atoms with Crippen molar-refractivity contribution in [2.45, 2.75) is 51.6 Å². The van der Waals surface area contributed by atoms with E-state index in [0.717, 1.165) is 19.3 Å². The number of carbonyl (C=O) groups excluding carboxylic acids is 1. The lowest BCUT2D eigenvalue weighted by Crippen LogP contribution is -2.62. The maximum Gasteiger partial charge on any atom is 0.326 e. The SMILES string of the molecule is CCC(C)NC1(C(=O)OC)CC(C)C1. The molecule has 1 aliphatic carbocycles. The van der Waals surface area contributed by atoms with Crippen molar-refractivity contribution in [1.29, 1.82) is 0 Å². The largest absolute Gasteiger partial charge is 0.468 e. The lowest BCUT2D eigenvalue weighted by atomic mass is 9.68. The van der Waals surface area contributed by atoms with Crippen molar-refractivity contribution in [3.8, 4) is 0 Å². The Morgan fingerprint density at radius 2 is 2.21 bits per heavy atom. The summed E-state index contributed by atoms with van der Waals surface area (Å²) in [6, 6.07) is 0.376. The molecule has 1 unspecified atom stereocenters. The Bertz CT molecular complexity index is 209. The second-order valence-electron chi connectivity index (χ2n) is 4.54. The van der Waals surface area contributed by atoms with Gasteiger partial charge in [0.05, 0.1) is 7.11 Å². The monoisotopic (exact) mass is 199 g/mol. The summed E-state index contributed by atoms with van der Waals surface area (Å²) in [4.78, 5) is 11.6. The summed E-state index contributed by atoms with van der Waals surface area (Å²) in [6.07, 6.45) is 2.85. The predicted molar refractivity (Wildman–Crippen MR) is 56.0 cm³/mol. The van der Waals surface area contributed by atoms with Crippen LogP contribution in [0, 0.1) is 5.92 Å². The first-order valence-electron chi connectivity index (χ1n) is 5.40. The van der Waals surface area contributed by atoms with Crippen LogP contribution >= 0.6 is 0 Å². The molecule has 14 heavy (non-hydrogen) atoms. The lowest BCUT2D eigenvalue weighted by Gasteiger charge is -2.46. The lowest BCUT2D eigenvalue weighted by molar-refractivity contribution is -0.155. The third-order valence-electron chi connectivity index (χ3n) is 3.11. The van der Waals surface area contributed by atoms with Gasteiger partial charge in [0, 0.05) is 6.04 Å². The molecular formula is C11H21NO2. The van der Waals surface area contributed by atoms with E-state index in [1.54, 1.807) is 0 Å². The Morgan fingerprint density at radius 1 is 1.64 bits per heavy atom. The Labute approximate surface area is 86.2 Å². The van der Waals surface area contributed by atoms with E-state index in [1.165, 1.54) is 7.11 Å². The highest BCUT2D eigenvalue weighted by Crippen LogP contribution is 2.38. The van der Waals surface area contributed by atoms with Gasteiger partial charge in [-0.25, -0.2) is 0 Å². The minimum absolute atomic E-state index is 0.101. The van der Waals surface area contributed by atoms with Gasteiger partial charge in [0.15, 0.2) is 0 Å². The number of nitrogens with one attached hydrogen (secondary N) is 1. The Kier molecular flexibility index (Phi) is 3.53. The highest BCUT2D eigenvalue weighted by Gasteiger charge is 2.49. The maximum absolute atomic E-state index is 11.6. The summed E-state index contributed by atoms with van der Waals surface area (Å²) < 4.78 is 4.85. The fourth-order valence-corrected chi connectivity index (χ4v) is 2.24. The zero-order chi connectivity index (χ0) is 10.8. The molecule has 0 saturated heterocycles. The molecule has 3 heteroatoms. The van der Waals surface area contributed by atoms with Crippen molar-refractivity contribution in [3.05, 3.63) is 0 Å². The van der Waals surface area contributed by atoms with E-state index >= 15 is 0 Å². The van der Waals surface area contributed by atoms with Crippen LogP contribution in [0.4, 0.5) is 0 Å². The molecular weight excluding hydrogens is 178 g/mol. The second-order valence-corrected chi connectivity index (χ2v) is 4.54. The van der Waals surface area contributed by atoms with Gasteiger partial charge in [-0.1, -0.05) is 13.8 Å². The third kappa shape index (κ3) is 2.08. The molecule has 0 amide bonds. The van der Waals surface area contributed by atoms with Crippen LogP contribution in [-0.4, -0.2) is 24.7 Å². The van der Waals surface area contributed by atoms with Crippen LogP contribution in [0.5, 0.6) is 0 Å². The number of hydrogen-bond acceptors (Lipinski definition) is 3. The van der Waals surface area contributed by atoms with E-state index < -0.39 is 0 Å². The van der Waals surface area contributed by atoms with Gasteiger partial charge < -0.3 is 4.74 Å². The van der Waals surface area contributed by atoms with Gasteiger partial charge in [-0.15, -0.1) is 0 Å². The average Bonchev–Trinajstić information content (AvgIpc) is 2.13. The number of methoxy groups -OCH3 is 1. The highest BCUT2D eigenvalue weighted by atomic mass is 16.5. The van der Waals surface area contributed by atoms with Crippen molar-refractivity contribution in [3.63, 3.8) is 0 Å². The van der Waals surface area contributed by atoms with Crippen molar-refractivity contribution in [2.75, 3.05) is 7.11 Å². The Balaban J connectivity index is 2.60. The van der Waals surface area contributed by atoms with E-state index in [1.807, 2.05) is 0 Å². The fraction of sp³-hybridized carbons (Fsp3) is 0.909. The normalized spacial score (nSPS) is 33.3. The molecule has 1 fully saturated rings. The summed E-state index contributed by atoms with van der Waals surface area (Å²) in [7, 11) is 1.46. The first kappa shape index (κ1) is 11.5. The predicted octanol–water partition coefficient (Wildman–Crippen LogP) is 1.72. The molecule has 0 heterocycles. The summed E-state index contributed by atoms with van der Waals surface area (Å²) in [5.41, 5.74) is -0.385. The topological polar surface area (TPSA) is 38.3 Å². The zero-order valence-electron chi connectivity index (χ0n) is 9.59. The van der Waals surface area contributed by atoms with Crippen molar-refractivity contribution >= 4 is 5.97 Å². The van der Waals surface area contributed by atoms with E-state index in [2.05, 4.69) is 26.1 Å². The molecule has 0 aromatic carbocycles. The van der Waals surface area contributed by atoms with Crippen LogP contribution < -0.4 is 5.32 Å². The third-order valence-corrected chi connectivity index (χ3v) is 3.11. The first-order chi connectivity index (χ1) is 6.54. The molecule has 1 saturated carbocycles. The Hall–Kier alpha value is -0.570. The molecule has 0 radical (unpaired) electrons. The first-order valence-corrected chi connectivity index (χ1v) is 5.40. The number of hydrogen-bond donors (Lipinski definition) is 1. The van der Waals surface area contributed by atoms with Crippen molar-refractivity contribution in [1.82, 2.24) is 5.32 Å². The molecule has 0 aromatic heterocycles. The van der Waals surface area contributed by atoms with E-state index in [9.17, 15) is 4.79 Å². The smallest absolute Gasteiger partial charge is 0.326 e. The molecule has 82 valence electrons. The van der Waals surface area contributed by atoms with Crippen LogP contribution in [0.1, 0.15) is 40.0 Å². The van der Waals surface area contributed by atoms with Gasteiger partial charge in [-0.05, 0) is 32.1 Å². The van der Waals surface area contributed by atoms with Gasteiger partial charge in [0.2, 0.25) is 0 Å². The second kappa shape index (κ2) is 4.30. The molecule has 3 nitrogen and oxygen atoms in total. The summed E-state index contributed by atoms with van der Waals surface area (Å²) in [6.45, 7) is 6.39. The van der Waals surface area contributed by atoms with Crippen LogP contribution in [0.3, 0.4) is 0 Å². The van der Waals surface area contributed by atoms with Crippen LogP contribution in [0.25, 0.3) is 0 Å². The van der Waals surface area contributed by atoms with Crippen molar-refractivity contribution < 1.29 is 9.53 Å². The maximum atomic E-state index is 11.6. The van der Waals surface area contributed by atoms with Crippen LogP contribution in [-0.2, 0) is 9.53 Å². The van der Waals surface area contributed by atoms with Crippen LogP contribution in [0.15, 0.2) is 0 Å². The van der Waals surface area contributed by atoms with Gasteiger partial charge in [-0.2, -0.15) is 0 Å².